The van der Waals surface area contributed by atoms with Crippen LogP contribution in [0.5, 0.6) is 0 Å². The molecule has 0 amide bonds. The van der Waals surface area contributed by atoms with Crippen LogP contribution in [0.1, 0.15) is 0 Å². The van der Waals surface area contributed by atoms with Gasteiger partial charge in [0.15, 0.2) is 0 Å². The molecular formula is C18H22N2O. The van der Waals surface area contributed by atoms with E-state index < -0.39 is 0 Å². The summed E-state index contributed by atoms with van der Waals surface area (Å²) in [5.74, 6) is 0. The lowest BCUT2D eigenvalue weighted by Crippen LogP contribution is -2.47. The largest absolute Gasteiger partial charge is 0.395 e. The van der Waals surface area contributed by atoms with Gasteiger partial charge in [-0.25, -0.2) is 0 Å². The fourth-order valence-corrected chi connectivity index (χ4v) is 2.97. The molecule has 0 unspecified atom stereocenters. The number of anilines is 1. The van der Waals surface area contributed by atoms with E-state index in [0.717, 1.165) is 32.7 Å². The van der Waals surface area contributed by atoms with Crippen LogP contribution in [0.4, 0.5) is 5.69 Å². The molecule has 1 N–H and O–H groups in total. The maximum Gasteiger partial charge on any atom is 0.0558 e. The number of aliphatic hydroxyl groups is 1. The van der Waals surface area contributed by atoms with Crippen molar-refractivity contribution >= 4 is 5.69 Å². The van der Waals surface area contributed by atoms with Gasteiger partial charge in [0, 0.05) is 44.0 Å². The summed E-state index contributed by atoms with van der Waals surface area (Å²) in [6.07, 6.45) is 0. The zero-order valence-electron chi connectivity index (χ0n) is 12.3. The number of para-hydroxylation sites is 1. The van der Waals surface area contributed by atoms with E-state index in [4.69, 9.17) is 5.11 Å². The summed E-state index contributed by atoms with van der Waals surface area (Å²) >= 11 is 0. The van der Waals surface area contributed by atoms with Crippen molar-refractivity contribution in [2.45, 2.75) is 0 Å². The van der Waals surface area contributed by atoms with Crippen LogP contribution in [-0.2, 0) is 0 Å². The average Bonchev–Trinajstić information content (AvgIpc) is 2.57. The van der Waals surface area contributed by atoms with Crippen molar-refractivity contribution in [2.75, 3.05) is 44.2 Å². The number of nitrogens with zero attached hydrogens (tertiary/aromatic N) is 2. The van der Waals surface area contributed by atoms with Crippen molar-refractivity contribution in [1.82, 2.24) is 4.90 Å². The standard InChI is InChI=1S/C18H22N2O/c21-15-14-19-10-12-20(13-11-19)18-9-5-4-8-17(18)16-6-2-1-3-7-16/h1-9,21H,10-15H2. The normalized spacial score (nSPS) is 16.1. The molecule has 1 aliphatic rings. The summed E-state index contributed by atoms with van der Waals surface area (Å²) in [6, 6.07) is 19.2. The Hall–Kier alpha value is -1.84. The Kier molecular flexibility index (Phi) is 4.53. The summed E-state index contributed by atoms with van der Waals surface area (Å²) in [5, 5.41) is 9.04. The van der Waals surface area contributed by atoms with Gasteiger partial charge in [-0.15, -0.1) is 0 Å². The maximum absolute atomic E-state index is 9.04. The first-order valence-corrected chi connectivity index (χ1v) is 7.61. The van der Waals surface area contributed by atoms with Crippen LogP contribution < -0.4 is 4.90 Å². The van der Waals surface area contributed by atoms with Gasteiger partial charge in [-0.2, -0.15) is 0 Å². The summed E-state index contributed by atoms with van der Waals surface area (Å²) in [7, 11) is 0. The van der Waals surface area contributed by atoms with Crippen molar-refractivity contribution in [2.24, 2.45) is 0 Å². The predicted molar refractivity (Wildman–Crippen MR) is 87.6 cm³/mol. The Labute approximate surface area is 126 Å². The minimum atomic E-state index is 0.251. The Morgan fingerprint density at radius 2 is 1.48 bits per heavy atom. The molecule has 3 rings (SSSR count). The summed E-state index contributed by atoms with van der Waals surface area (Å²) in [6.45, 7) is 5.11. The number of benzene rings is 2. The van der Waals surface area contributed by atoms with Gasteiger partial charge in [0.05, 0.1) is 6.61 Å². The SMILES string of the molecule is OCCN1CCN(c2ccccc2-c2ccccc2)CC1. The van der Waals surface area contributed by atoms with Crippen molar-refractivity contribution in [3.8, 4) is 11.1 Å². The third-order valence-electron chi connectivity index (χ3n) is 4.12. The van der Waals surface area contributed by atoms with E-state index in [1.54, 1.807) is 0 Å². The van der Waals surface area contributed by atoms with Gasteiger partial charge in [0.2, 0.25) is 0 Å². The summed E-state index contributed by atoms with van der Waals surface area (Å²) in [5.41, 5.74) is 3.88. The van der Waals surface area contributed by atoms with E-state index in [2.05, 4.69) is 64.4 Å². The number of piperazine rings is 1. The molecular weight excluding hydrogens is 260 g/mol. The number of hydrogen-bond acceptors (Lipinski definition) is 3. The first-order valence-electron chi connectivity index (χ1n) is 7.61. The molecule has 3 heteroatoms. The van der Waals surface area contributed by atoms with Crippen LogP contribution in [0.2, 0.25) is 0 Å². The highest BCUT2D eigenvalue weighted by atomic mass is 16.3. The third-order valence-corrected chi connectivity index (χ3v) is 4.12. The van der Waals surface area contributed by atoms with Crippen LogP contribution in [-0.4, -0.2) is 49.3 Å². The van der Waals surface area contributed by atoms with Gasteiger partial charge in [0.1, 0.15) is 0 Å². The first kappa shape index (κ1) is 14.1. The molecule has 0 aromatic heterocycles. The molecule has 110 valence electrons. The van der Waals surface area contributed by atoms with Gasteiger partial charge in [0.25, 0.3) is 0 Å². The smallest absolute Gasteiger partial charge is 0.0558 e. The van der Waals surface area contributed by atoms with Gasteiger partial charge in [-0.1, -0.05) is 48.5 Å². The first-order chi connectivity index (χ1) is 10.4. The number of hydrogen-bond donors (Lipinski definition) is 1. The highest BCUT2D eigenvalue weighted by molar-refractivity contribution is 5.78. The molecule has 21 heavy (non-hydrogen) atoms. The lowest BCUT2D eigenvalue weighted by Gasteiger charge is -2.36. The summed E-state index contributed by atoms with van der Waals surface area (Å²) in [4.78, 5) is 4.78. The lowest BCUT2D eigenvalue weighted by atomic mass is 10.0. The van der Waals surface area contributed by atoms with Crippen molar-refractivity contribution in [3.63, 3.8) is 0 Å². The second-order valence-electron chi connectivity index (χ2n) is 5.44. The maximum atomic E-state index is 9.04. The second kappa shape index (κ2) is 6.74. The van der Waals surface area contributed by atoms with Gasteiger partial charge >= 0.3 is 0 Å². The topological polar surface area (TPSA) is 26.7 Å². The van der Waals surface area contributed by atoms with E-state index in [1.807, 2.05) is 0 Å². The molecule has 0 radical (unpaired) electrons. The van der Waals surface area contributed by atoms with Gasteiger partial charge in [-0.05, 0) is 11.6 Å². The monoisotopic (exact) mass is 282 g/mol. The lowest BCUT2D eigenvalue weighted by molar-refractivity contribution is 0.189. The van der Waals surface area contributed by atoms with E-state index in [9.17, 15) is 0 Å². The fraction of sp³-hybridized carbons (Fsp3) is 0.333. The Bertz CT molecular complexity index is 562. The third kappa shape index (κ3) is 3.26. The molecule has 1 aliphatic heterocycles. The molecule has 1 fully saturated rings. The Morgan fingerprint density at radius 1 is 0.810 bits per heavy atom. The molecule has 1 heterocycles. The summed E-state index contributed by atoms with van der Waals surface area (Å²) < 4.78 is 0. The Morgan fingerprint density at radius 3 is 2.19 bits per heavy atom. The minimum absolute atomic E-state index is 0.251. The minimum Gasteiger partial charge on any atom is -0.395 e. The van der Waals surface area contributed by atoms with Crippen LogP contribution in [0.3, 0.4) is 0 Å². The number of β-amino-alcohol motifs (C(OH)–C–C–N with tert-alkyl or cyclic N) is 1. The van der Waals surface area contributed by atoms with Crippen LogP contribution in [0.15, 0.2) is 54.6 Å². The van der Waals surface area contributed by atoms with Crippen molar-refractivity contribution in [1.29, 1.82) is 0 Å². The zero-order chi connectivity index (χ0) is 14.5. The molecule has 0 saturated carbocycles. The molecule has 2 aromatic rings. The highest BCUT2D eigenvalue weighted by Crippen LogP contribution is 2.31. The van der Waals surface area contributed by atoms with Crippen LogP contribution in [0.25, 0.3) is 11.1 Å². The van der Waals surface area contributed by atoms with Crippen molar-refractivity contribution < 1.29 is 5.11 Å². The second-order valence-corrected chi connectivity index (χ2v) is 5.44. The highest BCUT2D eigenvalue weighted by Gasteiger charge is 2.18. The van der Waals surface area contributed by atoms with E-state index >= 15 is 0 Å². The van der Waals surface area contributed by atoms with E-state index in [0.29, 0.717) is 0 Å². The molecule has 0 bridgehead atoms. The van der Waals surface area contributed by atoms with Gasteiger partial charge < -0.3 is 10.0 Å². The van der Waals surface area contributed by atoms with E-state index in [-0.39, 0.29) is 6.61 Å². The molecule has 0 aliphatic carbocycles. The molecule has 3 nitrogen and oxygen atoms in total. The van der Waals surface area contributed by atoms with E-state index in [1.165, 1.54) is 16.8 Å². The molecule has 0 atom stereocenters. The van der Waals surface area contributed by atoms with Crippen molar-refractivity contribution in [3.05, 3.63) is 54.6 Å². The molecule has 1 saturated heterocycles. The fourth-order valence-electron chi connectivity index (χ4n) is 2.97. The Balaban J connectivity index is 1.81. The van der Waals surface area contributed by atoms with Gasteiger partial charge in [-0.3, -0.25) is 4.90 Å². The molecule has 0 spiro atoms. The zero-order valence-corrected chi connectivity index (χ0v) is 12.3. The quantitative estimate of drug-likeness (QED) is 0.933. The number of rotatable bonds is 4. The van der Waals surface area contributed by atoms with Crippen LogP contribution >= 0.6 is 0 Å². The number of aliphatic hydroxyl groups excluding tert-OH is 1. The predicted octanol–water partition coefficient (Wildman–Crippen LogP) is 2.47. The molecule has 2 aromatic carbocycles. The average molecular weight is 282 g/mol. The van der Waals surface area contributed by atoms with Crippen LogP contribution in [0, 0.1) is 0 Å².